The SMILES string of the molecule is CCNC(=O)Nc1cccc(NC(=O)[C@@]23CCCC[C@H]2CNC3)c1.Cl. The molecule has 1 aliphatic carbocycles. The van der Waals surface area contributed by atoms with E-state index in [2.05, 4.69) is 21.3 Å². The number of hydrogen-bond donors (Lipinski definition) is 4. The van der Waals surface area contributed by atoms with Crippen LogP contribution in [0.1, 0.15) is 32.6 Å². The van der Waals surface area contributed by atoms with Gasteiger partial charge in [-0.05, 0) is 50.4 Å². The van der Waals surface area contributed by atoms with Gasteiger partial charge < -0.3 is 21.3 Å². The zero-order valence-corrected chi connectivity index (χ0v) is 15.4. The fourth-order valence-corrected chi connectivity index (χ4v) is 3.96. The van der Waals surface area contributed by atoms with Crippen molar-refractivity contribution in [2.24, 2.45) is 11.3 Å². The van der Waals surface area contributed by atoms with Gasteiger partial charge in [0, 0.05) is 24.5 Å². The average Bonchev–Trinajstić information content (AvgIpc) is 3.00. The molecule has 0 spiro atoms. The number of hydrogen-bond acceptors (Lipinski definition) is 3. The van der Waals surface area contributed by atoms with Crippen LogP contribution in [0.25, 0.3) is 0 Å². The number of amides is 3. The molecule has 2 aliphatic rings. The fourth-order valence-electron chi connectivity index (χ4n) is 3.96. The van der Waals surface area contributed by atoms with Crippen LogP contribution in [0.2, 0.25) is 0 Å². The normalized spacial score (nSPS) is 24.6. The van der Waals surface area contributed by atoms with Crippen LogP contribution in [0.3, 0.4) is 0 Å². The highest BCUT2D eigenvalue weighted by Gasteiger charge is 2.49. The van der Waals surface area contributed by atoms with Gasteiger partial charge in [0.25, 0.3) is 0 Å². The summed E-state index contributed by atoms with van der Waals surface area (Å²) in [4.78, 5) is 24.6. The van der Waals surface area contributed by atoms with E-state index in [0.717, 1.165) is 38.0 Å². The Labute approximate surface area is 154 Å². The molecule has 0 unspecified atom stereocenters. The predicted molar refractivity (Wildman–Crippen MR) is 102 cm³/mol. The van der Waals surface area contributed by atoms with Crippen molar-refractivity contribution in [3.8, 4) is 0 Å². The summed E-state index contributed by atoms with van der Waals surface area (Å²) in [7, 11) is 0. The molecule has 3 rings (SSSR count). The van der Waals surface area contributed by atoms with Gasteiger partial charge in [-0.1, -0.05) is 18.9 Å². The Kier molecular flexibility index (Phi) is 6.67. The van der Waals surface area contributed by atoms with Gasteiger partial charge in [0.2, 0.25) is 5.91 Å². The maximum atomic E-state index is 13.0. The molecule has 4 N–H and O–H groups in total. The lowest BCUT2D eigenvalue weighted by Gasteiger charge is -2.37. The molecule has 138 valence electrons. The van der Waals surface area contributed by atoms with Crippen LogP contribution < -0.4 is 21.3 Å². The van der Waals surface area contributed by atoms with E-state index < -0.39 is 0 Å². The number of rotatable bonds is 4. The first-order valence-corrected chi connectivity index (χ1v) is 8.81. The first kappa shape index (κ1) is 19.5. The Morgan fingerprint density at radius 1 is 1.24 bits per heavy atom. The first-order valence-electron chi connectivity index (χ1n) is 8.81. The minimum absolute atomic E-state index is 0. The van der Waals surface area contributed by atoms with Gasteiger partial charge in [-0.25, -0.2) is 4.79 Å². The number of halogens is 1. The third-order valence-electron chi connectivity index (χ3n) is 5.21. The van der Waals surface area contributed by atoms with Crippen molar-refractivity contribution in [2.45, 2.75) is 32.6 Å². The van der Waals surface area contributed by atoms with E-state index in [0.29, 0.717) is 18.2 Å². The van der Waals surface area contributed by atoms with Crippen molar-refractivity contribution in [3.05, 3.63) is 24.3 Å². The summed E-state index contributed by atoms with van der Waals surface area (Å²) in [5.74, 6) is 0.537. The van der Waals surface area contributed by atoms with Crippen molar-refractivity contribution in [1.29, 1.82) is 0 Å². The van der Waals surface area contributed by atoms with Gasteiger partial charge in [-0.15, -0.1) is 12.4 Å². The molecule has 0 radical (unpaired) electrons. The van der Waals surface area contributed by atoms with E-state index in [4.69, 9.17) is 0 Å². The zero-order chi connectivity index (χ0) is 17.0. The van der Waals surface area contributed by atoms with Crippen molar-refractivity contribution in [1.82, 2.24) is 10.6 Å². The number of carbonyl (C=O) groups excluding carboxylic acids is 2. The van der Waals surface area contributed by atoms with Crippen molar-refractivity contribution in [3.63, 3.8) is 0 Å². The highest BCUT2D eigenvalue weighted by Crippen LogP contribution is 2.44. The summed E-state index contributed by atoms with van der Waals surface area (Å²) < 4.78 is 0. The standard InChI is InChI=1S/C18H26N4O2.ClH/c1-2-20-17(24)22-15-8-5-7-14(10-15)21-16(23)18-9-4-3-6-13(18)11-19-12-18;/h5,7-8,10,13,19H,2-4,6,9,11-12H2,1H3,(H,21,23)(H2,20,22,24);1H/t13-,18+;/m0./s1. The van der Waals surface area contributed by atoms with E-state index in [9.17, 15) is 9.59 Å². The predicted octanol–water partition coefficient (Wildman–Crippen LogP) is 2.97. The number of benzene rings is 1. The second-order valence-corrected chi connectivity index (χ2v) is 6.75. The molecule has 1 aliphatic heterocycles. The lowest BCUT2D eigenvalue weighted by molar-refractivity contribution is -0.128. The van der Waals surface area contributed by atoms with Crippen molar-refractivity contribution in [2.75, 3.05) is 30.3 Å². The molecular formula is C18H27ClN4O2. The van der Waals surface area contributed by atoms with Crippen LogP contribution in [0, 0.1) is 11.3 Å². The largest absolute Gasteiger partial charge is 0.338 e. The van der Waals surface area contributed by atoms with Gasteiger partial charge in [-0.3, -0.25) is 4.79 Å². The maximum Gasteiger partial charge on any atom is 0.319 e. The topological polar surface area (TPSA) is 82.3 Å². The molecule has 1 heterocycles. The Hall–Kier alpha value is -1.79. The number of carbonyl (C=O) groups is 2. The van der Waals surface area contributed by atoms with Crippen molar-refractivity contribution < 1.29 is 9.59 Å². The summed E-state index contributed by atoms with van der Waals surface area (Å²) in [6.07, 6.45) is 4.41. The van der Waals surface area contributed by atoms with Crippen LogP contribution >= 0.6 is 12.4 Å². The molecule has 6 nitrogen and oxygen atoms in total. The van der Waals surface area contributed by atoms with E-state index in [1.807, 2.05) is 25.1 Å². The van der Waals surface area contributed by atoms with Crippen LogP contribution in [-0.4, -0.2) is 31.6 Å². The summed E-state index contributed by atoms with van der Waals surface area (Å²) in [6.45, 7) is 4.14. The Balaban J connectivity index is 0.00000225. The van der Waals surface area contributed by atoms with E-state index >= 15 is 0 Å². The second-order valence-electron chi connectivity index (χ2n) is 6.75. The molecule has 2 atom stereocenters. The number of fused-ring (bicyclic) bond motifs is 1. The molecule has 2 fully saturated rings. The number of urea groups is 1. The average molecular weight is 367 g/mol. The Morgan fingerprint density at radius 2 is 2.00 bits per heavy atom. The molecule has 1 aromatic carbocycles. The lowest BCUT2D eigenvalue weighted by Crippen LogP contribution is -2.44. The van der Waals surface area contributed by atoms with Crippen molar-refractivity contribution >= 4 is 35.7 Å². The lowest BCUT2D eigenvalue weighted by atomic mass is 9.67. The summed E-state index contributed by atoms with van der Waals surface area (Å²) in [5, 5.41) is 11.9. The number of nitrogens with one attached hydrogen (secondary N) is 4. The molecule has 0 aromatic heterocycles. The van der Waals surface area contributed by atoms with Gasteiger partial charge in [0.15, 0.2) is 0 Å². The molecule has 1 aromatic rings. The highest BCUT2D eigenvalue weighted by atomic mass is 35.5. The van der Waals surface area contributed by atoms with Gasteiger partial charge in [0.1, 0.15) is 0 Å². The zero-order valence-electron chi connectivity index (χ0n) is 14.6. The first-order chi connectivity index (χ1) is 11.6. The highest BCUT2D eigenvalue weighted by molar-refractivity contribution is 5.97. The van der Waals surface area contributed by atoms with Gasteiger partial charge >= 0.3 is 6.03 Å². The summed E-state index contributed by atoms with van der Waals surface area (Å²) in [5.41, 5.74) is 1.11. The Morgan fingerprint density at radius 3 is 2.76 bits per heavy atom. The minimum Gasteiger partial charge on any atom is -0.338 e. The quantitative estimate of drug-likeness (QED) is 0.661. The monoisotopic (exact) mass is 366 g/mol. The van der Waals surface area contributed by atoms with E-state index in [1.54, 1.807) is 6.07 Å². The molecule has 25 heavy (non-hydrogen) atoms. The third-order valence-corrected chi connectivity index (χ3v) is 5.21. The molecular weight excluding hydrogens is 340 g/mol. The summed E-state index contributed by atoms with van der Waals surface area (Å²) in [6, 6.07) is 7.05. The number of anilines is 2. The minimum atomic E-state index is -0.277. The molecule has 3 amide bonds. The second kappa shape index (κ2) is 8.54. The molecule has 7 heteroatoms. The Bertz CT molecular complexity index is 625. The van der Waals surface area contributed by atoms with Gasteiger partial charge in [-0.2, -0.15) is 0 Å². The third kappa shape index (κ3) is 4.25. The van der Waals surface area contributed by atoms with Crippen LogP contribution in [0.4, 0.5) is 16.2 Å². The van der Waals surface area contributed by atoms with E-state index in [1.165, 1.54) is 6.42 Å². The molecule has 1 saturated heterocycles. The fraction of sp³-hybridized carbons (Fsp3) is 0.556. The maximum absolute atomic E-state index is 13.0. The van der Waals surface area contributed by atoms with E-state index in [-0.39, 0.29) is 29.8 Å². The molecule has 0 bridgehead atoms. The van der Waals surface area contributed by atoms with Gasteiger partial charge in [0.05, 0.1) is 5.41 Å². The van der Waals surface area contributed by atoms with Crippen LogP contribution in [-0.2, 0) is 4.79 Å². The molecule has 1 saturated carbocycles. The van der Waals surface area contributed by atoms with Crippen LogP contribution in [0.15, 0.2) is 24.3 Å². The summed E-state index contributed by atoms with van der Waals surface area (Å²) >= 11 is 0. The van der Waals surface area contributed by atoms with Crippen LogP contribution in [0.5, 0.6) is 0 Å². The smallest absolute Gasteiger partial charge is 0.319 e.